The third-order valence-electron chi connectivity index (χ3n) is 5.08. The first-order chi connectivity index (χ1) is 13.7. The number of aromatic nitrogens is 2. The predicted molar refractivity (Wildman–Crippen MR) is 105 cm³/mol. The highest BCUT2D eigenvalue weighted by atomic mass is 32.2. The molecule has 0 unspecified atom stereocenters. The molecule has 1 N–H and O–H groups in total. The number of nitrogens with zero attached hydrogens (tertiary/aromatic N) is 3. The van der Waals surface area contributed by atoms with Crippen LogP contribution in [0.5, 0.6) is 0 Å². The first-order valence-corrected chi connectivity index (χ1v) is 11.4. The molecule has 0 radical (unpaired) electrons. The van der Waals surface area contributed by atoms with Crippen molar-refractivity contribution < 1.29 is 22.1 Å². The van der Waals surface area contributed by atoms with E-state index < -0.39 is 10.0 Å². The largest absolute Gasteiger partial charge is 0.356 e. The van der Waals surface area contributed by atoms with Gasteiger partial charge in [0.25, 0.3) is 0 Å². The molecule has 1 aliphatic heterocycles. The standard InChI is InChI=1S/C19H25FN4O4S/c1-13-11-15(3-4-16(13)20)19-22-18(28-23-19)6-5-17(25)21-12-14-7-9-24(10-8-14)29(2,26)27/h3-4,11,14H,5-10,12H2,1-2H3,(H,21,25). The zero-order valence-corrected chi connectivity index (χ0v) is 17.3. The van der Waals surface area contributed by atoms with Crippen LogP contribution in [-0.4, -0.2) is 54.7 Å². The van der Waals surface area contributed by atoms with Crippen LogP contribution in [0.15, 0.2) is 22.7 Å². The zero-order valence-electron chi connectivity index (χ0n) is 16.5. The minimum Gasteiger partial charge on any atom is -0.356 e. The lowest BCUT2D eigenvalue weighted by atomic mass is 9.98. The number of hydrogen-bond acceptors (Lipinski definition) is 6. The first kappa shape index (κ1) is 21.4. The van der Waals surface area contributed by atoms with Crippen LogP contribution in [0.4, 0.5) is 4.39 Å². The number of carbonyl (C=O) groups is 1. The van der Waals surface area contributed by atoms with Crippen LogP contribution in [0, 0.1) is 18.7 Å². The Kier molecular flexibility index (Phi) is 6.63. The van der Waals surface area contributed by atoms with Crippen LogP contribution in [0.2, 0.25) is 0 Å². The quantitative estimate of drug-likeness (QED) is 0.728. The summed E-state index contributed by atoms with van der Waals surface area (Å²) >= 11 is 0. The molecular formula is C19H25FN4O4S. The molecular weight excluding hydrogens is 399 g/mol. The van der Waals surface area contributed by atoms with Crippen molar-refractivity contribution in [2.24, 2.45) is 5.92 Å². The van der Waals surface area contributed by atoms with Crippen LogP contribution >= 0.6 is 0 Å². The Labute approximate surface area is 169 Å². The van der Waals surface area contributed by atoms with Gasteiger partial charge in [0, 0.05) is 38.0 Å². The van der Waals surface area contributed by atoms with Crippen LogP contribution in [-0.2, 0) is 21.2 Å². The number of rotatable bonds is 7. The van der Waals surface area contributed by atoms with Gasteiger partial charge in [-0.2, -0.15) is 4.98 Å². The molecule has 0 spiro atoms. The molecule has 8 nitrogen and oxygen atoms in total. The molecule has 0 bridgehead atoms. The Bertz CT molecular complexity index is 968. The highest BCUT2D eigenvalue weighted by Crippen LogP contribution is 2.20. The maximum absolute atomic E-state index is 13.4. The Morgan fingerprint density at radius 2 is 2.07 bits per heavy atom. The third kappa shape index (κ3) is 5.83. The van der Waals surface area contributed by atoms with Gasteiger partial charge >= 0.3 is 0 Å². The maximum atomic E-state index is 13.4. The Morgan fingerprint density at radius 1 is 1.34 bits per heavy atom. The van der Waals surface area contributed by atoms with Gasteiger partial charge in [0.2, 0.25) is 27.6 Å². The van der Waals surface area contributed by atoms with Crippen molar-refractivity contribution in [3.05, 3.63) is 35.5 Å². The molecule has 1 aromatic heterocycles. The summed E-state index contributed by atoms with van der Waals surface area (Å²) in [7, 11) is -3.14. The van der Waals surface area contributed by atoms with Gasteiger partial charge in [-0.25, -0.2) is 17.1 Å². The van der Waals surface area contributed by atoms with Gasteiger partial charge in [0.15, 0.2) is 0 Å². The molecule has 1 saturated heterocycles. The summed E-state index contributed by atoms with van der Waals surface area (Å²) in [6.45, 7) is 3.18. The number of halogens is 1. The van der Waals surface area contributed by atoms with Gasteiger partial charge < -0.3 is 9.84 Å². The molecule has 2 heterocycles. The fraction of sp³-hybridized carbons (Fsp3) is 0.526. The van der Waals surface area contributed by atoms with E-state index >= 15 is 0 Å². The smallest absolute Gasteiger partial charge is 0.227 e. The van der Waals surface area contributed by atoms with E-state index in [9.17, 15) is 17.6 Å². The first-order valence-electron chi connectivity index (χ1n) is 9.53. The molecule has 1 aliphatic rings. The summed E-state index contributed by atoms with van der Waals surface area (Å²) < 4.78 is 43.1. The fourth-order valence-electron chi connectivity index (χ4n) is 3.27. The Balaban J connectivity index is 1.42. The zero-order chi connectivity index (χ0) is 21.0. The highest BCUT2D eigenvalue weighted by Gasteiger charge is 2.25. The average molecular weight is 424 g/mol. The second-order valence-electron chi connectivity index (χ2n) is 7.39. The second kappa shape index (κ2) is 9.00. The van der Waals surface area contributed by atoms with Crippen molar-refractivity contribution in [1.82, 2.24) is 19.8 Å². The summed E-state index contributed by atoms with van der Waals surface area (Å²) in [5.74, 6) is 0.567. The lowest BCUT2D eigenvalue weighted by Crippen LogP contribution is -2.41. The van der Waals surface area contributed by atoms with Crippen molar-refractivity contribution >= 4 is 15.9 Å². The van der Waals surface area contributed by atoms with Gasteiger partial charge in [0.1, 0.15) is 5.82 Å². The minimum atomic E-state index is -3.14. The van der Waals surface area contributed by atoms with Crippen LogP contribution < -0.4 is 5.32 Å². The lowest BCUT2D eigenvalue weighted by Gasteiger charge is -2.30. The van der Waals surface area contributed by atoms with Crippen molar-refractivity contribution in [2.75, 3.05) is 25.9 Å². The van der Waals surface area contributed by atoms with E-state index in [0.29, 0.717) is 48.9 Å². The van der Waals surface area contributed by atoms with E-state index in [1.807, 2.05) is 0 Å². The summed E-state index contributed by atoms with van der Waals surface area (Å²) in [5.41, 5.74) is 1.15. The summed E-state index contributed by atoms with van der Waals surface area (Å²) in [5, 5.41) is 6.78. The monoisotopic (exact) mass is 424 g/mol. The number of aryl methyl sites for hydroxylation is 2. The lowest BCUT2D eigenvalue weighted by molar-refractivity contribution is -0.121. The van der Waals surface area contributed by atoms with Crippen LogP contribution in [0.25, 0.3) is 11.4 Å². The van der Waals surface area contributed by atoms with E-state index in [-0.39, 0.29) is 24.1 Å². The number of sulfonamides is 1. The maximum Gasteiger partial charge on any atom is 0.227 e. The van der Waals surface area contributed by atoms with E-state index in [4.69, 9.17) is 4.52 Å². The number of nitrogens with one attached hydrogen (secondary N) is 1. The minimum absolute atomic E-state index is 0.118. The van der Waals surface area contributed by atoms with Crippen molar-refractivity contribution in [3.8, 4) is 11.4 Å². The summed E-state index contributed by atoms with van der Waals surface area (Å²) in [6, 6.07) is 4.58. The molecule has 158 valence electrons. The van der Waals surface area contributed by atoms with Gasteiger partial charge in [-0.05, 0) is 49.4 Å². The Hall–Kier alpha value is -2.33. The molecule has 0 aliphatic carbocycles. The van der Waals surface area contributed by atoms with E-state index in [2.05, 4.69) is 15.5 Å². The fourth-order valence-corrected chi connectivity index (χ4v) is 4.14. The predicted octanol–water partition coefficient (Wildman–Crippen LogP) is 1.90. The van der Waals surface area contributed by atoms with Gasteiger partial charge in [-0.1, -0.05) is 5.16 Å². The molecule has 1 amide bonds. The molecule has 3 rings (SSSR count). The Morgan fingerprint density at radius 3 is 2.72 bits per heavy atom. The van der Waals surface area contributed by atoms with Crippen molar-refractivity contribution in [1.29, 1.82) is 0 Å². The number of carbonyl (C=O) groups excluding carboxylic acids is 1. The second-order valence-corrected chi connectivity index (χ2v) is 9.37. The molecule has 0 atom stereocenters. The van der Waals surface area contributed by atoms with Gasteiger partial charge in [-0.15, -0.1) is 0 Å². The topological polar surface area (TPSA) is 105 Å². The van der Waals surface area contributed by atoms with E-state index in [1.54, 1.807) is 19.1 Å². The van der Waals surface area contributed by atoms with Crippen molar-refractivity contribution in [3.63, 3.8) is 0 Å². The highest BCUT2D eigenvalue weighted by molar-refractivity contribution is 7.88. The normalized spacial score (nSPS) is 16.1. The third-order valence-corrected chi connectivity index (χ3v) is 6.38. The molecule has 10 heteroatoms. The van der Waals surface area contributed by atoms with Crippen LogP contribution in [0.1, 0.15) is 30.7 Å². The van der Waals surface area contributed by atoms with E-state index in [1.165, 1.54) is 16.6 Å². The van der Waals surface area contributed by atoms with Crippen LogP contribution in [0.3, 0.4) is 0 Å². The SMILES string of the molecule is Cc1cc(-c2noc(CCC(=O)NCC3CCN(S(C)(=O)=O)CC3)n2)ccc1F. The molecule has 29 heavy (non-hydrogen) atoms. The number of amides is 1. The molecule has 1 aromatic carbocycles. The molecule has 2 aromatic rings. The van der Waals surface area contributed by atoms with Gasteiger partial charge in [-0.3, -0.25) is 4.79 Å². The number of piperidine rings is 1. The van der Waals surface area contributed by atoms with Gasteiger partial charge in [0.05, 0.1) is 6.26 Å². The number of benzene rings is 1. The van der Waals surface area contributed by atoms with Crippen molar-refractivity contribution in [2.45, 2.75) is 32.6 Å². The number of hydrogen-bond donors (Lipinski definition) is 1. The summed E-state index contributed by atoms with van der Waals surface area (Å²) in [6.07, 6.45) is 3.21. The summed E-state index contributed by atoms with van der Waals surface area (Å²) in [4.78, 5) is 16.4. The van der Waals surface area contributed by atoms with E-state index in [0.717, 1.165) is 12.8 Å². The molecule has 0 saturated carbocycles. The average Bonchev–Trinajstić information content (AvgIpc) is 3.15. The molecule has 1 fully saturated rings.